The highest BCUT2D eigenvalue weighted by atomic mass is 16.5. The van der Waals surface area contributed by atoms with Gasteiger partial charge in [-0.05, 0) is 30.9 Å². The second-order valence-electron chi connectivity index (χ2n) is 4.28. The Hall–Kier alpha value is -1.55. The van der Waals surface area contributed by atoms with Gasteiger partial charge in [0.25, 0.3) is 0 Å². The van der Waals surface area contributed by atoms with E-state index in [2.05, 4.69) is 5.32 Å². The number of hydrogen-bond acceptors (Lipinski definition) is 3. The summed E-state index contributed by atoms with van der Waals surface area (Å²) in [7, 11) is 0. The molecule has 4 nitrogen and oxygen atoms in total. The summed E-state index contributed by atoms with van der Waals surface area (Å²) in [5.41, 5.74) is 0.853. The lowest BCUT2D eigenvalue weighted by Crippen LogP contribution is -2.39. The summed E-state index contributed by atoms with van der Waals surface area (Å²) in [5, 5.41) is 12.4. The van der Waals surface area contributed by atoms with Gasteiger partial charge in [0.15, 0.2) is 0 Å². The summed E-state index contributed by atoms with van der Waals surface area (Å²) in [6, 6.07) is 8.94. The van der Waals surface area contributed by atoms with E-state index in [1.165, 1.54) is 0 Å². The Balaban J connectivity index is 2.04. The molecule has 2 N–H and O–H groups in total. The third kappa shape index (κ3) is 3.20. The first kappa shape index (κ1) is 11.9. The molecule has 1 saturated heterocycles. The van der Waals surface area contributed by atoms with Crippen molar-refractivity contribution in [2.24, 2.45) is 5.92 Å². The quantitative estimate of drug-likeness (QED) is 0.837. The van der Waals surface area contributed by atoms with Gasteiger partial charge in [-0.3, -0.25) is 0 Å². The molecular formula is C13H17NO3. The SMILES string of the molecule is O=C(O)C(Nc1ccccc1)C1CCOCC1. The Morgan fingerprint density at radius 1 is 1.29 bits per heavy atom. The van der Waals surface area contributed by atoms with Gasteiger partial charge in [-0.1, -0.05) is 18.2 Å². The Labute approximate surface area is 101 Å². The fraction of sp³-hybridized carbons (Fsp3) is 0.462. The van der Waals surface area contributed by atoms with Crippen LogP contribution < -0.4 is 5.32 Å². The standard InChI is InChI=1S/C13H17NO3/c15-13(16)12(10-6-8-17-9-7-10)14-11-4-2-1-3-5-11/h1-5,10,12,14H,6-9H2,(H,15,16). The Morgan fingerprint density at radius 3 is 2.53 bits per heavy atom. The second-order valence-corrected chi connectivity index (χ2v) is 4.28. The summed E-state index contributed by atoms with van der Waals surface area (Å²) >= 11 is 0. The number of nitrogens with one attached hydrogen (secondary N) is 1. The van der Waals surface area contributed by atoms with Crippen LogP contribution in [0, 0.1) is 5.92 Å². The lowest BCUT2D eigenvalue weighted by Gasteiger charge is -2.28. The van der Waals surface area contributed by atoms with Crippen LogP contribution in [0.2, 0.25) is 0 Å². The first-order valence-corrected chi connectivity index (χ1v) is 5.89. The zero-order chi connectivity index (χ0) is 12.1. The maximum atomic E-state index is 11.3. The largest absolute Gasteiger partial charge is 0.480 e. The number of rotatable bonds is 4. The predicted molar refractivity (Wildman–Crippen MR) is 65.0 cm³/mol. The first-order chi connectivity index (χ1) is 8.27. The van der Waals surface area contributed by atoms with Crippen LogP contribution in [0.15, 0.2) is 30.3 Å². The molecule has 4 heteroatoms. The van der Waals surface area contributed by atoms with Gasteiger partial charge in [-0.15, -0.1) is 0 Å². The van der Waals surface area contributed by atoms with E-state index in [9.17, 15) is 9.90 Å². The molecule has 0 aromatic heterocycles. The van der Waals surface area contributed by atoms with Gasteiger partial charge < -0.3 is 15.2 Å². The molecule has 0 radical (unpaired) electrons. The number of anilines is 1. The van der Waals surface area contributed by atoms with Crippen molar-refractivity contribution in [2.75, 3.05) is 18.5 Å². The van der Waals surface area contributed by atoms with Crippen LogP contribution in [-0.2, 0) is 9.53 Å². The van der Waals surface area contributed by atoms with Gasteiger partial charge in [-0.2, -0.15) is 0 Å². The molecule has 1 atom stereocenters. The fourth-order valence-electron chi connectivity index (χ4n) is 2.14. The average Bonchev–Trinajstić information content (AvgIpc) is 2.38. The van der Waals surface area contributed by atoms with Gasteiger partial charge in [0, 0.05) is 18.9 Å². The molecule has 2 rings (SSSR count). The maximum absolute atomic E-state index is 11.3. The maximum Gasteiger partial charge on any atom is 0.326 e. The molecular weight excluding hydrogens is 218 g/mol. The highest BCUT2D eigenvalue weighted by Crippen LogP contribution is 2.22. The molecule has 0 spiro atoms. The minimum atomic E-state index is -0.791. The van der Waals surface area contributed by atoms with Crippen LogP contribution >= 0.6 is 0 Å². The Kier molecular flexibility index (Phi) is 3.98. The minimum absolute atomic E-state index is 0.140. The van der Waals surface area contributed by atoms with Crippen molar-refractivity contribution in [3.63, 3.8) is 0 Å². The monoisotopic (exact) mass is 235 g/mol. The van der Waals surface area contributed by atoms with Crippen LogP contribution in [0.4, 0.5) is 5.69 Å². The van der Waals surface area contributed by atoms with E-state index in [1.807, 2.05) is 30.3 Å². The summed E-state index contributed by atoms with van der Waals surface area (Å²) in [5.74, 6) is -0.651. The number of aliphatic carboxylic acids is 1. The van der Waals surface area contributed by atoms with Crippen LogP contribution in [0.3, 0.4) is 0 Å². The molecule has 92 valence electrons. The molecule has 1 aliphatic rings. The second kappa shape index (κ2) is 5.68. The zero-order valence-electron chi connectivity index (χ0n) is 9.63. The number of carboxylic acid groups (broad SMARTS) is 1. The molecule has 0 aliphatic carbocycles. The van der Waals surface area contributed by atoms with Crippen molar-refractivity contribution < 1.29 is 14.6 Å². The van der Waals surface area contributed by atoms with E-state index in [0.29, 0.717) is 13.2 Å². The van der Waals surface area contributed by atoms with Crippen molar-refractivity contribution in [3.8, 4) is 0 Å². The van der Waals surface area contributed by atoms with E-state index in [-0.39, 0.29) is 5.92 Å². The van der Waals surface area contributed by atoms with Crippen LogP contribution in [0.5, 0.6) is 0 Å². The van der Waals surface area contributed by atoms with Gasteiger partial charge >= 0.3 is 5.97 Å². The first-order valence-electron chi connectivity index (χ1n) is 5.89. The van der Waals surface area contributed by atoms with Gasteiger partial charge in [0.05, 0.1) is 0 Å². The number of benzene rings is 1. The van der Waals surface area contributed by atoms with E-state index < -0.39 is 12.0 Å². The number of hydrogen-bond donors (Lipinski definition) is 2. The van der Waals surface area contributed by atoms with E-state index >= 15 is 0 Å². The smallest absolute Gasteiger partial charge is 0.326 e. The molecule has 1 aromatic rings. The number of carbonyl (C=O) groups is 1. The average molecular weight is 235 g/mol. The highest BCUT2D eigenvalue weighted by Gasteiger charge is 2.29. The van der Waals surface area contributed by atoms with E-state index in [4.69, 9.17) is 4.74 Å². The molecule has 1 unspecified atom stereocenters. The molecule has 1 aliphatic heterocycles. The Morgan fingerprint density at radius 2 is 1.94 bits per heavy atom. The zero-order valence-corrected chi connectivity index (χ0v) is 9.63. The van der Waals surface area contributed by atoms with Gasteiger partial charge in [0.1, 0.15) is 6.04 Å². The highest BCUT2D eigenvalue weighted by molar-refractivity contribution is 5.77. The van der Waals surface area contributed by atoms with Gasteiger partial charge in [-0.25, -0.2) is 4.79 Å². The van der Waals surface area contributed by atoms with Crippen molar-refractivity contribution in [1.82, 2.24) is 0 Å². The van der Waals surface area contributed by atoms with E-state index in [1.54, 1.807) is 0 Å². The molecule has 0 saturated carbocycles. The third-order valence-electron chi connectivity index (χ3n) is 3.10. The number of para-hydroxylation sites is 1. The topological polar surface area (TPSA) is 58.6 Å². The van der Waals surface area contributed by atoms with Crippen molar-refractivity contribution in [1.29, 1.82) is 0 Å². The van der Waals surface area contributed by atoms with Crippen molar-refractivity contribution >= 4 is 11.7 Å². The molecule has 17 heavy (non-hydrogen) atoms. The molecule has 1 heterocycles. The molecule has 0 bridgehead atoms. The fourth-order valence-corrected chi connectivity index (χ4v) is 2.14. The molecule has 1 fully saturated rings. The predicted octanol–water partition coefficient (Wildman–Crippen LogP) is 1.98. The molecule has 0 amide bonds. The lowest BCUT2D eigenvalue weighted by atomic mass is 9.91. The number of carboxylic acids is 1. The van der Waals surface area contributed by atoms with E-state index in [0.717, 1.165) is 18.5 Å². The summed E-state index contributed by atoms with van der Waals surface area (Å²) < 4.78 is 5.26. The van der Waals surface area contributed by atoms with Crippen molar-refractivity contribution in [2.45, 2.75) is 18.9 Å². The lowest BCUT2D eigenvalue weighted by molar-refractivity contribution is -0.140. The summed E-state index contributed by atoms with van der Waals surface area (Å²) in [4.78, 5) is 11.3. The number of ether oxygens (including phenoxy) is 1. The van der Waals surface area contributed by atoms with Crippen LogP contribution in [0.1, 0.15) is 12.8 Å². The minimum Gasteiger partial charge on any atom is -0.480 e. The van der Waals surface area contributed by atoms with Gasteiger partial charge in [0.2, 0.25) is 0 Å². The normalized spacial score (nSPS) is 18.6. The summed E-state index contributed by atoms with van der Waals surface area (Å²) in [6.45, 7) is 1.32. The summed E-state index contributed by atoms with van der Waals surface area (Å²) in [6.07, 6.45) is 1.60. The van der Waals surface area contributed by atoms with Crippen LogP contribution in [-0.4, -0.2) is 30.3 Å². The van der Waals surface area contributed by atoms with Crippen molar-refractivity contribution in [3.05, 3.63) is 30.3 Å². The molecule has 1 aromatic carbocycles. The Bertz CT molecular complexity index is 360. The van der Waals surface area contributed by atoms with Crippen LogP contribution in [0.25, 0.3) is 0 Å². The third-order valence-corrected chi connectivity index (χ3v) is 3.10.